The highest BCUT2D eigenvalue weighted by atomic mass is 35.5. The van der Waals surface area contributed by atoms with E-state index in [1.54, 1.807) is 24.5 Å². The zero-order valence-electron chi connectivity index (χ0n) is 13.6. The molecule has 0 aliphatic rings. The van der Waals surface area contributed by atoms with E-state index in [9.17, 15) is 4.79 Å². The van der Waals surface area contributed by atoms with Crippen LogP contribution in [0.3, 0.4) is 0 Å². The van der Waals surface area contributed by atoms with Crippen LogP contribution in [0.2, 0.25) is 10.0 Å². The molecule has 3 aromatic heterocycles. The highest BCUT2D eigenvalue weighted by Gasteiger charge is 2.14. The van der Waals surface area contributed by atoms with Crippen LogP contribution in [0.4, 0.5) is 11.5 Å². The Balaban J connectivity index is 1.69. The minimum atomic E-state index is -0.187. The first kappa shape index (κ1) is 18.1. The second-order valence-corrected chi connectivity index (χ2v) is 6.37. The second kappa shape index (κ2) is 8.12. The van der Waals surface area contributed by atoms with Crippen molar-refractivity contribution in [3.05, 3.63) is 75.9 Å². The Morgan fingerprint density at radius 1 is 1.12 bits per heavy atom. The number of hydrogen-bond acceptors (Lipinski definition) is 6. The molecule has 3 N–H and O–H groups in total. The minimum absolute atomic E-state index is 0.166. The SMILES string of the molecule is Nc1ncccc1NCc1cc(CC(=O)c2ncc(Cl)cc2Cl)ccn1. The molecule has 8 heteroatoms. The highest BCUT2D eigenvalue weighted by Crippen LogP contribution is 2.20. The van der Waals surface area contributed by atoms with Crippen LogP contribution >= 0.6 is 23.2 Å². The van der Waals surface area contributed by atoms with Crippen LogP contribution < -0.4 is 11.1 Å². The van der Waals surface area contributed by atoms with Crippen molar-refractivity contribution < 1.29 is 4.79 Å². The molecule has 0 aliphatic carbocycles. The van der Waals surface area contributed by atoms with Gasteiger partial charge in [-0.1, -0.05) is 23.2 Å². The Morgan fingerprint density at radius 3 is 2.73 bits per heavy atom. The van der Waals surface area contributed by atoms with Crippen molar-refractivity contribution in [2.45, 2.75) is 13.0 Å². The molecule has 0 amide bonds. The van der Waals surface area contributed by atoms with Gasteiger partial charge in [0.1, 0.15) is 11.5 Å². The smallest absolute Gasteiger partial charge is 0.187 e. The normalized spacial score (nSPS) is 10.5. The number of halogens is 2. The second-order valence-electron chi connectivity index (χ2n) is 5.53. The van der Waals surface area contributed by atoms with Crippen molar-refractivity contribution in [1.29, 1.82) is 0 Å². The summed E-state index contributed by atoms with van der Waals surface area (Å²) in [5, 5.41) is 3.80. The minimum Gasteiger partial charge on any atom is -0.382 e. The van der Waals surface area contributed by atoms with Gasteiger partial charge in [0.25, 0.3) is 0 Å². The molecule has 0 unspecified atom stereocenters. The summed E-state index contributed by atoms with van der Waals surface area (Å²) >= 11 is 11.9. The first-order valence-electron chi connectivity index (χ1n) is 7.75. The molecule has 6 nitrogen and oxygen atoms in total. The standard InChI is InChI=1S/C18H15Cl2N5O/c19-12-8-14(20)17(25-9-12)16(26)7-11-3-5-22-13(6-11)10-24-15-2-1-4-23-18(15)21/h1-6,8-9,24H,7,10H2,(H2,21,23). The van der Waals surface area contributed by atoms with Crippen molar-refractivity contribution in [2.75, 3.05) is 11.1 Å². The van der Waals surface area contributed by atoms with E-state index in [-0.39, 0.29) is 22.9 Å². The average molecular weight is 388 g/mol. The van der Waals surface area contributed by atoms with Gasteiger partial charge in [-0.2, -0.15) is 0 Å². The summed E-state index contributed by atoms with van der Waals surface area (Å²) in [4.78, 5) is 24.8. The first-order chi connectivity index (χ1) is 12.5. The van der Waals surface area contributed by atoms with Gasteiger partial charge in [-0.15, -0.1) is 0 Å². The summed E-state index contributed by atoms with van der Waals surface area (Å²) in [5.74, 6) is 0.232. The van der Waals surface area contributed by atoms with Gasteiger partial charge in [-0.25, -0.2) is 9.97 Å². The first-order valence-corrected chi connectivity index (χ1v) is 8.51. The molecule has 0 bridgehead atoms. The largest absolute Gasteiger partial charge is 0.382 e. The van der Waals surface area contributed by atoms with Crippen molar-refractivity contribution in [1.82, 2.24) is 15.0 Å². The molecule has 0 aromatic carbocycles. The quantitative estimate of drug-likeness (QED) is 0.624. The molecule has 26 heavy (non-hydrogen) atoms. The van der Waals surface area contributed by atoms with Crippen molar-refractivity contribution in [3.8, 4) is 0 Å². The van der Waals surface area contributed by atoms with E-state index in [1.165, 1.54) is 12.3 Å². The maximum Gasteiger partial charge on any atom is 0.187 e. The molecule has 0 saturated heterocycles. The van der Waals surface area contributed by atoms with E-state index in [1.807, 2.05) is 12.1 Å². The van der Waals surface area contributed by atoms with E-state index >= 15 is 0 Å². The number of pyridine rings is 3. The van der Waals surface area contributed by atoms with Crippen LogP contribution in [0, 0.1) is 0 Å². The van der Waals surface area contributed by atoms with E-state index in [2.05, 4.69) is 20.3 Å². The number of Topliss-reactive ketones (excluding diaryl/α,β-unsaturated/α-hetero) is 1. The molecule has 3 aromatic rings. The molecule has 3 rings (SSSR count). The number of rotatable bonds is 6. The number of hydrogen-bond donors (Lipinski definition) is 2. The third-order valence-corrected chi connectivity index (χ3v) is 4.11. The van der Waals surface area contributed by atoms with Crippen LogP contribution in [0.1, 0.15) is 21.7 Å². The summed E-state index contributed by atoms with van der Waals surface area (Å²) in [6.45, 7) is 0.456. The summed E-state index contributed by atoms with van der Waals surface area (Å²) in [6.07, 6.45) is 4.85. The van der Waals surface area contributed by atoms with E-state index in [0.29, 0.717) is 17.4 Å². The number of carbonyl (C=O) groups is 1. The lowest BCUT2D eigenvalue weighted by molar-refractivity contribution is 0.0988. The van der Waals surface area contributed by atoms with Crippen LogP contribution in [0.25, 0.3) is 0 Å². The number of nitrogens with zero attached hydrogens (tertiary/aromatic N) is 3. The molecule has 0 saturated carbocycles. The van der Waals surface area contributed by atoms with E-state index < -0.39 is 0 Å². The van der Waals surface area contributed by atoms with Gasteiger partial charge in [0.15, 0.2) is 5.78 Å². The molecule has 0 fully saturated rings. The van der Waals surface area contributed by atoms with Crippen LogP contribution in [-0.4, -0.2) is 20.7 Å². The molecular formula is C18H15Cl2N5O. The van der Waals surface area contributed by atoms with Gasteiger partial charge in [-0.3, -0.25) is 9.78 Å². The van der Waals surface area contributed by atoms with Crippen LogP contribution in [0.5, 0.6) is 0 Å². The maximum absolute atomic E-state index is 12.4. The van der Waals surface area contributed by atoms with Crippen LogP contribution in [0.15, 0.2) is 48.9 Å². The zero-order chi connectivity index (χ0) is 18.5. The molecule has 0 radical (unpaired) electrons. The third kappa shape index (κ3) is 4.47. The number of carbonyl (C=O) groups excluding carboxylic acids is 1. The summed E-state index contributed by atoms with van der Waals surface area (Å²) in [5.41, 5.74) is 8.32. The number of nitrogen functional groups attached to an aromatic ring is 1. The van der Waals surface area contributed by atoms with Crippen molar-refractivity contribution >= 4 is 40.5 Å². The summed E-state index contributed by atoms with van der Waals surface area (Å²) < 4.78 is 0. The van der Waals surface area contributed by atoms with Gasteiger partial charge >= 0.3 is 0 Å². The fraction of sp³-hybridized carbons (Fsp3) is 0.111. The topological polar surface area (TPSA) is 93.8 Å². The lowest BCUT2D eigenvalue weighted by atomic mass is 10.1. The van der Waals surface area contributed by atoms with Gasteiger partial charge in [0.2, 0.25) is 0 Å². The van der Waals surface area contributed by atoms with Gasteiger partial charge < -0.3 is 11.1 Å². The fourth-order valence-corrected chi connectivity index (χ4v) is 2.86. The monoisotopic (exact) mass is 387 g/mol. The Hall–Kier alpha value is -2.70. The number of nitrogens with two attached hydrogens (primary N) is 1. The molecule has 0 atom stereocenters. The third-order valence-electron chi connectivity index (χ3n) is 3.62. The number of nitrogens with one attached hydrogen (secondary N) is 1. The van der Waals surface area contributed by atoms with E-state index in [4.69, 9.17) is 28.9 Å². The van der Waals surface area contributed by atoms with Gasteiger partial charge in [-0.05, 0) is 35.9 Å². The number of aromatic nitrogens is 3. The van der Waals surface area contributed by atoms with Crippen molar-refractivity contribution in [3.63, 3.8) is 0 Å². The van der Waals surface area contributed by atoms with Crippen LogP contribution in [-0.2, 0) is 13.0 Å². The number of anilines is 2. The Labute approximate surface area is 160 Å². The average Bonchev–Trinajstić information content (AvgIpc) is 2.61. The Kier molecular flexibility index (Phi) is 5.65. The molecular weight excluding hydrogens is 373 g/mol. The fourth-order valence-electron chi connectivity index (χ4n) is 2.38. The maximum atomic E-state index is 12.4. The van der Waals surface area contributed by atoms with Gasteiger partial charge in [0, 0.05) is 25.0 Å². The summed E-state index contributed by atoms with van der Waals surface area (Å²) in [6, 6.07) is 8.77. The predicted octanol–water partition coefficient (Wildman–Crippen LogP) is 3.80. The van der Waals surface area contributed by atoms with Crippen molar-refractivity contribution in [2.24, 2.45) is 0 Å². The highest BCUT2D eigenvalue weighted by molar-refractivity contribution is 6.36. The zero-order valence-corrected chi connectivity index (χ0v) is 15.1. The molecule has 132 valence electrons. The lowest BCUT2D eigenvalue weighted by Crippen LogP contribution is -2.09. The predicted molar refractivity (Wildman–Crippen MR) is 103 cm³/mol. The molecule has 0 aliphatic heterocycles. The Bertz CT molecular complexity index is 948. The van der Waals surface area contributed by atoms with Gasteiger partial charge in [0.05, 0.1) is 28.0 Å². The molecule has 3 heterocycles. The number of ketones is 1. The Morgan fingerprint density at radius 2 is 1.96 bits per heavy atom. The summed E-state index contributed by atoms with van der Waals surface area (Å²) in [7, 11) is 0. The molecule has 0 spiro atoms. The lowest BCUT2D eigenvalue weighted by Gasteiger charge is -2.09. The van der Waals surface area contributed by atoms with E-state index in [0.717, 1.165) is 16.9 Å².